The summed E-state index contributed by atoms with van der Waals surface area (Å²) in [6.07, 6.45) is 2.46. The molecule has 4 saturated heterocycles. The number of rotatable bonds is 13. The Labute approximate surface area is 382 Å². The van der Waals surface area contributed by atoms with E-state index < -0.39 is 13.5 Å². The molecule has 4 fully saturated rings. The van der Waals surface area contributed by atoms with E-state index in [0.29, 0.717) is 29.8 Å². The first kappa shape index (κ1) is 48.4. The molecule has 3 aromatic carbocycles. The number of anilines is 2. The molecule has 0 aromatic heterocycles. The van der Waals surface area contributed by atoms with Gasteiger partial charge in [-0.15, -0.1) is 0 Å². The Morgan fingerprint density at radius 1 is 0.639 bits per heavy atom. The first-order valence-electron chi connectivity index (χ1n) is 22.9. The van der Waals surface area contributed by atoms with Gasteiger partial charge < -0.3 is 19.3 Å². The monoisotopic (exact) mass is 964 g/mol. The van der Waals surface area contributed by atoms with Crippen molar-refractivity contribution in [3.8, 4) is 5.75 Å². The first-order valence-corrected chi connectivity index (χ1v) is 28.3. The third-order valence-electron chi connectivity index (χ3n) is 12.5. The van der Waals surface area contributed by atoms with Gasteiger partial charge in [0.15, 0.2) is 0 Å². The van der Waals surface area contributed by atoms with Crippen LogP contribution in [0.25, 0.3) is 0 Å². The fraction of sp³-hybridized carbons (Fsp3) is 0.600. The average molecular weight is 965 g/mol. The number of halogens is 2. The molecular weight excluding hydrogens is 891 g/mol. The second-order valence-electron chi connectivity index (χ2n) is 18.6. The first-order chi connectivity index (χ1) is 29.3. The Kier molecular flexibility index (Phi) is 18.4. The Hall–Kier alpha value is -2.07. The maximum absolute atomic E-state index is 6.08. The molecule has 3 aromatic rings. The van der Waals surface area contributed by atoms with Gasteiger partial charge in [-0.3, -0.25) is 9.80 Å². The summed E-state index contributed by atoms with van der Waals surface area (Å²) in [5, 5.41) is 0. The van der Waals surface area contributed by atoms with Crippen molar-refractivity contribution in [2.24, 2.45) is 0 Å². The van der Waals surface area contributed by atoms with Crippen molar-refractivity contribution in [3.05, 3.63) is 94.1 Å². The second kappa shape index (κ2) is 23.2. The van der Waals surface area contributed by atoms with Crippen molar-refractivity contribution >= 4 is 35.4 Å². The van der Waals surface area contributed by atoms with Crippen LogP contribution in [0.15, 0.2) is 48.5 Å². The van der Waals surface area contributed by atoms with E-state index >= 15 is 0 Å². The zero-order chi connectivity index (χ0) is 43.6. The van der Waals surface area contributed by atoms with E-state index in [1.54, 1.807) is 0 Å². The summed E-state index contributed by atoms with van der Waals surface area (Å²) in [7, 11) is 14.0. The van der Waals surface area contributed by atoms with Crippen LogP contribution in [0, 0.1) is 6.67 Å². The van der Waals surface area contributed by atoms with Gasteiger partial charge in [0.05, 0.1) is 26.4 Å². The van der Waals surface area contributed by atoms with Crippen molar-refractivity contribution in [1.29, 1.82) is 0 Å². The fourth-order valence-corrected chi connectivity index (χ4v) is 10.8. The number of likely N-dealkylation sites (tertiary alicyclic amines) is 1. The van der Waals surface area contributed by atoms with Gasteiger partial charge in [-0.1, -0.05) is 79.7 Å². The molecule has 0 aliphatic carbocycles. The van der Waals surface area contributed by atoms with Gasteiger partial charge in [0.25, 0.3) is 0 Å². The normalized spacial score (nSPS) is 19.0. The number of benzene rings is 3. The van der Waals surface area contributed by atoms with Gasteiger partial charge in [0.1, 0.15) is 0 Å². The van der Waals surface area contributed by atoms with E-state index in [1.807, 2.05) is 28.9 Å². The van der Waals surface area contributed by atoms with Gasteiger partial charge in [0, 0.05) is 63.7 Å². The van der Waals surface area contributed by atoms with Gasteiger partial charge >= 0.3 is 122 Å². The molecule has 11 heteroatoms. The molecule has 4 aliphatic rings. The molecule has 0 N–H and O–H groups in total. The predicted octanol–water partition coefficient (Wildman–Crippen LogP) is 10.5. The van der Waals surface area contributed by atoms with Crippen LogP contribution in [0.1, 0.15) is 131 Å². The van der Waals surface area contributed by atoms with Crippen molar-refractivity contribution in [3.63, 3.8) is 0 Å². The van der Waals surface area contributed by atoms with E-state index in [2.05, 4.69) is 118 Å². The predicted molar refractivity (Wildman–Crippen MR) is 255 cm³/mol. The minimum atomic E-state index is -1.80. The molecule has 0 amide bonds. The molecular formula is C50H74Cl2N5O3Ru-. The van der Waals surface area contributed by atoms with Crippen LogP contribution in [0.4, 0.5) is 11.4 Å². The van der Waals surface area contributed by atoms with Crippen LogP contribution in [-0.2, 0) is 36.1 Å². The van der Waals surface area contributed by atoms with Crippen LogP contribution in [-0.4, -0.2) is 111 Å². The molecule has 8 nitrogen and oxygen atoms in total. The minimum absolute atomic E-state index is 0.307. The van der Waals surface area contributed by atoms with E-state index in [4.69, 9.17) is 33.6 Å². The van der Waals surface area contributed by atoms with Crippen LogP contribution in [0.3, 0.4) is 0 Å². The molecule has 340 valence electrons. The molecule has 0 spiro atoms. The van der Waals surface area contributed by atoms with Gasteiger partial charge in [-0.05, 0) is 57.1 Å². The molecule has 0 radical (unpaired) electrons. The Bertz CT molecular complexity index is 1730. The molecule has 4 heterocycles. The van der Waals surface area contributed by atoms with Crippen LogP contribution >= 0.6 is 19.4 Å². The topological polar surface area (TPSA) is 43.9 Å². The Morgan fingerprint density at radius 2 is 1.05 bits per heavy atom. The third kappa shape index (κ3) is 13.5. The van der Waals surface area contributed by atoms with Crippen molar-refractivity contribution in [2.45, 2.75) is 111 Å². The van der Waals surface area contributed by atoms with Gasteiger partial charge in [-0.2, -0.15) is 6.67 Å². The molecule has 0 unspecified atom stereocenters. The molecule has 7 rings (SSSR count). The van der Waals surface area contributed by atoms with Crippen molar-refractivity contribution in [2.75, 3.05) is 95.6 Å². The van der Waals surface area contributed by atoms with E-state index in [9.17, 15) is 0 Å². The standard InChI is InChI=1S/C37H57N4O2.C13H17NO.2ClH.Ru/c1-26(2)32-19-30(23-38-11-15-42-16-12-38)20-33(27(3)4)36(32)40-9-10-41(25-40)37-34(28(5)6)21-31(22-35(37)29(7)8)24-39-13-17-43-18-14-39;1-11-5-3-4-6-13(11)15-12-7-9-14(2)10-8-12;;;/h19-22,25-29H,9-18,23-24H2,1-8H3;1,3-6,12H,7-10H2,2H3;2*1H;/q-1;;;;+2/p-2. The maximum atomic E-state index is 6.08. The number of nitrogens with zero attached hydrogens (tertiary/aromatic N) is 5. The van der Waals surface area contributed by atoms with Crippen molar-refractivity contribution < 1.29 is 27.7 Å². The zero-order valence-corrected chi connectivity index (χ0v) is 41.8. The molecule has 0 saturated carbocycles. The fourth-order valence-electron chi connectivity index (χ4n) is 9.01. The molecule has 0 bridgehead atoms. The van der Waals surface area contributed by atoms with Crippen LogP contribution in [0.5, 0.6) is 5.75 Å². The summed E-state index contributed by atoms with van der Waals surface area (Å²) in [5.41, 5.74) is 12.7. The van der Waals surface area contributed by atoms with Crippen molar-refractivity contribution in [1.82, 2.24) is 14.7 Å². The average Bonchev–Trinajstić information content (AvgIpc) is 3.72. The Balaban J connectivity index is 0.000000288. The summed E-state index contributed by atoms with van der Waals surface area (Å²) in [6, 6.07) is 18.0. The molecule has 61 heavy (non-hydrogen) atoms. The van der Waals surface area contributed by atoms with E-state index in [1.165, 1.54) is 44.8 Å². The van der Waals surface area contributed by atoms with Crippen LogP contribution < -0.4 is 14.5 Å². The molecule has 4 aliphatic heterocycles. The summed E-state index contributed by atoms with van der Waals surface area (Å²) in [6.45, 7) is 35.0. The number of hydrogen-bond acceptors (Lipinski definition) is 8. The van der Waals surface area contributed by atoms with Gasteiger partial charge in [0.2, 0.25) is 0 Å². The summed E-state index contributed by atoms with van der Waals surface area (Å²) >= 11 is -1.80. The van der Waals surface area contributed by atoms with Gasteiger partial charge in [-0.25, -0.2) is 0 Å². The summed E-state index contributed by atoms with van der Waals surface area (Å²) in [5.74, 6) is 2.73. The number of morpholine rings is 2. The summed E-state index contributed by atoms with van der Waals surface area (Å²) in [4.78, 5) is 12.6. The number of piperidine rings is 1. The van der Waals surface area contributed by atoms with E-state index in [-0.39, 0.29) is 0 Å². The quantitative estimate of drug-likeness (QED) is 0.124. The third-order valence-corrected chi connectivity index (χ3v) is 14.3. The second-order valence-corrected chi connectivity index (χ2v) is 24.3. The molecule has 0 atom stereocenters. The number of para-hydroxylation sites is 1. The van der Waals surface area contributed by atoms with E-state index in [0.717, 1.165) is 116 Å². The summed E-state index contributed by atoms with van der Waals surface area (Å²) < 4.78 is 19.3. The Morgan fingerprint density at radius 3 is 1.44 bits per heavy atom. The number of ether oxygens (including phenoxy) is 3. The SMILES string of the molecule is CC(C)c1cc(CN2CCOCC2)cc(C(C)C)c1N1[CH-]N(c2c(C(C)C)cc(CN3CCOCC3)cc2C(C)C)CC1.CN1CCC(Oc2ccccc2[CH]=[Ru]([Cl])[Cl])CC1. The number of hydrogen-bond donors (Lipinski definition) is 0. The van der Waals surface area contributed by atoms with Crippen LogP contribution in [0.2, 0.25) is 0 Å². The zero-order valence-electron chi connectivity index (χ0n) is 38.5.